The molecular formula is C24H28F2N4O. The lowest BCUT2D eigenvalue weighted by atomic mass is 9.66. The Hall–Kier alpha value is -2.88. The second-order valence-electron chi connectivity index (χ2n) is 8.15. The van der Waals surface area contributed by atoms with Crippen LogP contribution in [0.2, 0.25) is 0 Å². The van der Waals surface area contributed by atoms with E-state index in [9.17, 15) is 13.6 Å². The molecule has 5 nitrogen and oxygen atoms in total. The Morgan fingerprint density at radius 3 is 2.55 bits per heavy atom. The van der Waals surface area contributed by atoms with Gasteiger partial charge in [-0.3, -0.25) is 4.79 Å². The average molecular weight is 427 g/mol. The highest BCUT2D eigenvalue weighted by molar-refractivity contribution is 5.78. The molecule has 1 aromatic carbocycles. The molecule has 0 radical (unpaired) electrons. The van der Waals surface area contributed by atoms with Crippen LogP contribution in [-0.2, 0) is 10.2 Å². The summed E-state index contributed by atoms with van der Waals surface area (Å²) in [6, 6.07) is 7.46. The van der Waals surface area contributed by atoms with Gasteiger partial charge in [-0.15, -0.1) is 0 Å². The first-order valence-electron chi connectivity index (χ1n) is 10.9. The second kappa shape index (κ2) is 9.51. The molecule has 1 aliphatic carbocycles. The lowest BCUT2D eigenvalue weighted by Gasteiger charge is -2.42. The van der Waals surface area contributed by atoms with Gasteiger partial charge >= 0.3 is 0 Å². The molecule has 1 heterocycles. The van der Waals surface area contributed by atoms with Crippen LogP contribution >= 0.6 is 0 Å². The molecule has 0 bridgehead atoms. The summed E-state index contributed by atoms with van der Waals surface area (Å²) in [6.45, 7) is 7.00. The third kappa shape index (κ3) is 4.30. The van der Waals surface area contributed by atoms with Gasteiger partial charge < -0.3 is 4.90 Å². The first-order chi connectivity index (χ1) is 14.9. The SMILES string of the molecule is CC[C@H]1CC[C@](CC)(CN(CC)C(=O)CC#N)c2nnc(-c3c(F)cccc3F)cc21. The molecule has 2 aromatic rings. The highest BCUT2D eigenvalue weighted by Gasteiger charge is 2.42. The Bertz CT molecular complexity index is 983. The van der Waals surface area contributed by atoms with E-state index < -0.39 is 17.0 Å². The number of fused-ring (bicyclic) bond motifs is 1. The first-order valence-corrected chi connectivity index (χ1v) is 10.9. The molecule has 0 N–H and O–H groups in total. The van der Waals surface area contributed by atoms with E-state index in [4.69, 9.17) is 5.26 Å². The van der Waals surface area contributed by atoms with Gasteiger partial charge in [-0.2, -0.15) is 15.5 Å². The van der Waals surface area contributed by atoms with Gasteiger partial charge in [0.2, 0.25) is 5.91 Å². The molecule has 0 spiro atoms. The van der Waals surface area contributed by atoms with Gasteiger partial charge in [-0.25, -0.2) is 8.78 Å². The molecule has 0 saturated heterocycles. The third-order valence-electron chi connectivity index (χ3n) is 6.58. The Morgan fingerprint density at radius 2 is 1.97 bits per heavy atom. The van der Waals surface area contributed by atoms with Crippen molar-refractivity contribution in [3.8, 4) is 17.3 Å². The third-order valence-corrected chi connectivity index (χ3v) is 6.58. The molecule has 31 heavy (non-hydrogen) atoms. The fraction of sp³-hybridized carbons (Fsp3) is 0.500. The number of carbonyl (C=O) groups is 1. The summed E-state index contributed by atoms with van der Waals surface area (Å²) in [6.07, 6.45) is 3.20. The van der Waals surface area contributed by atoms with E-state index in [0.29, 0.717) is 13.1 Å². The minimum Gasteiger partial charge on any atom is -0.341 e. The number of hydrogen-bond acceptors (Lipinski definition) is 4. The lowest BCUT2D eigenvalue weighted by Crippen LogP contribution is -2.46. The van der Waals surface area contributed by atoms with E-state index in [1.165, 1.54) is 18.2 Å². The standard InChI is InChI=1S/C24H28F2N4O/c1-4-16-10-12-24(5-2,15-30(6-3)21(31)11-13-27)23-17(16)14-20(28-29-23)22-18(25)8-7-9-19(22)26/h7-9,14,16H,4-6,10-12,15H2,1-3H3/t16-,24+/m0/s1. The molecule has 0 aliphatic heterocycles. The van der Waals surface area contributed by atoms with E-state index in [1.807, 2.05) is 13.0 Å². The highest BCUT2D eigenvalue weighted by Crippen LogP contribution is 2.46. The van der Waals surface area contributed by atoms with Gasteiger partial charge in [0.05, 0.1) is 23.0 Å². The van der Waals surface area contributed by atoms with Crippen molar-refractivity contribution in [1.82, 2.24) is 15.1 Å². The van der Waals surface area contributed by atoms with E-state index in [2.05, 4.69) is 24.0 Å². The van der Waals surface area contributed by atoms with Gasteiger partial charge in [0, 0.05) is 18.5 Å². The van der Waals surface area contributed by atoms with Crippen LogP contribution in [0.5, 0.6) is 0 Å². The van der Waals surface area contributed by atoms with Crippen LogP contribution in [0.25, 0.3) is 11.3 Å². The zero-order chi connectivity index (χ0) is 22.6. The second-order valence-corrected chi connectivity index (χ2v) is 8.15. The molecular weight excluding hydrogens is 398 g/mol. The summed E-state index contributed by atoms with van der Waals surface area (Å²) in [5.74, 6) is -1.32. The number of likely N-dealkylation sites (N-methyl/N-ethyl adjacent to an activating group) is 1. The van der Waals surface area contributed by atoms with Crippen LogP contribution in [0.15, 0.2) is 24.3 Å². The van der Waals surface area contributed by atoms with Crippen molar-refractivity contribution >= 4 is 5.91 Å². The van der Waals surface area contributed by atoms with E-state index in [-0.39, 0.29) is 29.5 Å². The summed E-state index contributed by atoms with van der Waals surface area (Å²) in [5, 5.41) is 17.7. The van der Waals surface area contributed by atoms with E-state index in [1.54, 1.807) is 11.0 Å². The van der Waals surface area contributed by atoms with Crippen molar-refractivity contribution in [3.63, 3.8) is 0 Å². The highest BCUT2D eigenvalue weighted by atomic mass is 19.1. The molecule has 1 aliphatic rings. The predicted octanol–water partition coefficient (Wildman–Crippen LogP) is 5.12. The Balaban J connectivity index is 2.10. The zero-order valence-electron chi connectivity index (χ0n) is 18.3. The Labute approximate surface area is 182 Å². The van der Waals surface area contributed by atoms with E-state index >= 15 is 0 Å². The summed E-state index contributed by atoms with van der Waals surface area (Å²) in [4.78, 5) is 14.1. The maximum absolute atomic E-state index is 14.4. The molecule has 1 aromatic heterocycles. The zero-order valence-corrected chi connectivity index (χ0v) is 18.3. The van der Waals surface area contributed by atoms with Gasteiger partial charge in [0.15, 0.2) is 0 Å². The molecule has 7 heteroatoms. The van der Waals surface area contributed by atoms with Crippen LogP contribution in [0.3, 0.4) is 0 Å². The van der Waals surface area contributed by atoms with Crippen molar-refractivity contribution in [2.75, 3.05) is 13.1 Å². The molecule has 1 amide bonds. The molecule has 3 rings (SSSR count). The largest absolute Gasteiger partial charge is 0.341 e. The van der Waals surface area contributed by atoms with Crippen LogP contribution in [0.4, 0.5) is 8.78 Å². The number of hydrogen-bond donors (Lipinski definition) is 0. The van der Waals surface area contributed by atoms with Gasteiger partial charge in [-0.1, -0.05) is 19.9 Å². The van der Waals surface area contributed by atoms with Crippen LogP contribution < -0.4 is 0 Å². The summed E-state index contributed by atoms with van der Waals surface area (Å²) in [7, 11) is 0. The number of rotatable bonds is 7. The van der Waals surface area contributed by atoms with Crippen molar-refractivity contribution in [1.29, 1.82) is 5.26 Å². The maximum Gasteiger partial charge on any atom is 0.236 e. The number of carbonyl (C=O) groups excluding carboxylic acids is 1. The van der Waals surface area contributed by atoms with Crippen molar-refractivity contribution in [2.45, 2.75) is 64.2 Å². The Morgan fingerprint density at radius 1 is 1.26 bits per heavy atom. The first kappa shape index (κ1) is 22.8. The maximum atomic E-state index is 14.4. The summed E-state index contributed by atoms with van der Waals surface area (Å²) >= 11 is 0. The van der Waals surface area contributed by atoms with Gasteiger partial charge in [0.25, 0.3) is 0 Å². The van der Waals surface area contributed by atoms with Gasteiger partial charge in [-0.05, 0) is 62.3 Å². The van der Waals surface area contributed by atoms with Crippen LogP contribution in [0, 0.1) is 23.0 Å². The predicted molar refractivity (Wildman–Crippen MR) is 114 cm³/mol. The normalized spacial score (nSPS) is 20.1. The topological polar surface area (TPSA) is 69.9 Å². The minimum atomic E-state index is -0.667. The number of nitriles is 1. The fourth-order valence-electron chi connectivity index (χ4n) is 4.67. The van der Waals surface area contributed by atoms with Crippen LogP contribution in [0.1, 0.15) is 70.1 Å². The average Bonchev–Trinajstić information content (AvgIpc) is 2.77. The number of aromatic nitrogens is 2. The molecule has 164 valence electrons. The van der Waals surface area contributed by atoms with Crippen molar-refractivity contribution < 1.29 is 13.6 Å². The van der Waals surface area contributed by atoms with Gasteiger partial charge in [0.1, 0.15) is 18.1 Å². The Kier molecular flexibility index (Phi) is 6.99. The smallest absolute Gasteiger partial charge is 0.236 e. The molecule has 0 unspecified atom stereocenters. The van der Waals surface area contributed by atoms with Crippen LogP contribution in [-0.4, -0.2) is 34.1 Å². The fourth-order valence-corrected chi connectivity index (χ4v) is 4.67. The number of halogens is 2. The molecule has 2 atom stereocenters. The summed E-state index contributed by atoms with van der Waals surface area (Å²) in [5.41, 5.74) is 1.37. The molecule has 0 fully saturated rings. The number of nitrogens with zero attached hydrogens (tertiary/aromatic N) is 4. The minimum absolute atomic E-state index is 0.157. The monoisotopic (exact) mass is 426 g/mol. The number of amides is 1. The summed E-state index contributed by atoms with van der Waals surface area (Å²) < 4.78 is 28.7. The van der Waals surface area contributed by atoms with Crippen molar-refractivity contribution in [2.24, 2.45) is 0 Å². The van der Waals surface area contributed by atoms with E-state index in [0.717, 1.165) is 36.9 Å². The molecule has 0 saturated carbocycles. The lowest BCUT2D eigenvalue weighted by molar-refractivity contribution is -0.131. The number of benzene rings is 1. The van der Waals surface area contributed by atoms with Crippen molar-refractivity contribution in [3.05, 3.63) is 47.2 Å². The quantitative estimate of drug-likeness (QED) is 0.616.